The van der Waals surface area contributed by atoms with Gasteiger partial charge in [0, 0.05) is 72.7 Å². The second-order valence-electron chi connectivity index (χ2n) is 29.8. The molecule has 2 fully saturated rings. The molecular weight excluding hydrogens is 1340 g/mol. The Labute approximate surface area is 614 Å². The van der Waals surface area contributed by atoms with Crippen molar-refractivity contribution in [1.82, 2.24) is 60.9 Å². The number of aliphatic hydroxyl groups excluding tert-OH is 2. The summed E-state index contributed by atoms with van der Waals surface area (Å²) >= 11 is 6.52. The normalized spacial score (nSPS) is 24.6. The van der Waals surface area contributed by atoms with Crippen LogP contribution in [0.15, 0.2) is 54.6 Å². The SMILES string of the molecule is CCCN1CC(=O)N(C)[C@@H](CC(C)C)C(=O)N[C@@H](COCCO)C(=O)N(C)[C@@H](Cc2cccc(Cl)c2)C(=O)N(C)[C@@H](CC(C)C)C(=O)N[C@H](C(=O)N2CCCCC2)CC(=O)N[C@H](C(C)C)C(=O)N(C)[C@@H](Cc2ccccc2)C(=O)N[C@@H](CC(C)C)C(=O)N(C)[C@@H](CC(C)C)C(=O)N[C@@H]([C@@H](C)O)C1=O. The first-order chi connectivity index (χ1) is 48.4. The quantitative estimate of drug-likeness (QED) is 0.0879. The molecule has 2 aromatic carbocycles. The number of hydrogen-bond acceptors (Lipinski definition) is 15. The van der Waals surface area contributed by atoms with Gasteiger partial charge in [0.15, 0.2) is 0 Å². The third-order valence-corrected chi connectivity index (χ3v) is 19.1. The third-order valence-electron chi connectivity index (χ3n) is 18.8. The Morgan fingerprint density at radius 1 is 0.534 bits per heavy atom. The van der Waals surface area contributed by atoms with Gasteiger partial charge in [-0.2, -0.15) is 0 Å². The van der Waals surface area contributed by atoms with Crippen LogP contribution in [0.2, 0.25) is 5.02 Å². The van der Waals surface area contributed by atoms with Crippen molar-refractivity contribution in [1.29, 1.82) is 0 Å². The Kier molecular flexibility index (Phi) is 36.0. The topological polar surface area (TPSA) is 337 Å². The first-order valence-corrected chi connectivity index (χ1v) is 36.9. The molecule has 2 aliphatic heterocycles. The lowest BCUT2D eigenvalue weighted by Crippen LogP contribution is -2.62. The molecule has 0 aliphatic carbocycles. The summed E-state index contributed by atoms with van der Waals surface area (Å²) < 4.78 is 5.73. The lowest BCUT2D eigenvalue weighted by molar-refractivity contribution is -0.151. The number of carbonyl (C=O) groups is 12. The van der Waals surface area contributed by atoms with Crippen LogP contribution in [-0.2, 0) is 75.1 Å². The number of benzene rings is 2. The highest BCUT2D eigenvalue weighted by molar-refractivity contribution is 6.30. The molecule has 0 saturated carbocycles. The van der Waals surface area contributed by atoms with Crippen molar-refractivity contribution < 1.29 is 72.5 Å². The van der Waals surface area contributed by atoms with Crippen molar-refractivity contribution in [2.75, 3.05) is 81.2 Å². The monoisotopic (exact) mass is 1460 g/mol. The number of aliphatic hydroxyl groups is 2. The Balaban J connectivity index is 2.02. The van der Waals surface area contributed by atoms with E-state index in [2.05, 4.69) is 26.6 Å². The van der Waals surface area contributed by atoms with E-state index in [1.54, 1.807) is 80.3 Å². The Bertz CT molecular complexity index is 3170. The van der Waals surface area contributed by atoms with Crippen LogP contribution < -0.4 is 26.6 Å². The summed E-state index contributed by atoms with van der Waals surface area (Å²) in [7, 11) is 6.89. The second-order valence-corrected chi connectivity index (χ2v) is 30.2. The van der Waals surface area contributed by atoms with Gasteiger partial charge < -0.3 is 75.8 Å². The van der Waals surface area contributed by atoms with Gasteiger partial charge in [0.2, 0.25) is 70.9 Å². The third kappa shape index (κ3) is 26.4. The molecule has 2 aliphatic rings. The van der Waals surface area contributed by atoms with Gasteiger partial charge in [0.1, 0.15) is 60.4 Å². The second kappa shape index (κ2) is 42.3. The molecule has 2 aromatic rings. The predicted molar refractivity (Wildman–Crippen MR) is 392 cm³/mol. The van der Waals surface area contributed by atoms with Crippen molar-refractivity contribution >= 4 is 82.5 Å². The number of halogens is 1. The fourth-order valence-electron chi connectivity index (χ4n) is 13.0. The van der Waals surface area contributed by atoms with Gasteiger partial charge in [-0.3, -0.25) is 57.5 Å². The lowest BCUT2D eigenvalue weighted by Gasteiger charge is -2.38. The first kappa shape index (κ1) is 87.7. The van der Waals surface area contributed by atoms with Gasteiger partial charge in [-0.25, -0.2) is 0 Å². The highest BCUT2D eigenvalue weighted by atomic mass is 35.5. The summed E-state index contributed by atoms with van der Waals surface area (Å²) in [5.74, 6) is -10.9. The van der Waals surface area contributed by atoms with Crippen LogP contribution in [0.1, 0.15) is 152 Å². The average molecular weight is 1460 g/mol. The van der Waals surface area contributed by atoms with E-state index in [0.29, 0.717) is 48.5 Å². The van der Waals surface area contributed by atoms with E-state index in [9.17, 15) is 39.0 Å². The van der Waals surface area contributed by atoms with E-state index < -0.39 is 170 Å². The Morgan fingerprint density at radius 2 is 1.02 bits per heavy atom. The fourth-order valence-corrected chi connectivity index (χ4v) is 13.2. The number of amides is 12. The minimum Gasteiger partial charge on any atom is -0.394 e. The minimum absolute atomic E-state index is 0.0153. The predicted octanol–water partition coefficient (Wildman–Crippen LogP) is 3.57. The van der Waals surface area contributed by atoms with E-state index in [4.69, 9.17) is 16.3 Å². The van der Waals surface area contributed by atoms with Gasteiger partial charge in [0.25, 0.3) is 0 Å². The molecule has 0 bridgehead atoms. The molecule has 2 saturated heterocycles. The zero-order valence-electron chi connectivity index (χ0n) is 63.9. The molecular formula is C75H119ClN12O15. The number of rotatable bonds is 21. The van der Waals surface area contributed by atoms with Crippen LogP contribution in [0.25, 0.3) is 0 Å². The zero-order valence-corrected chi connectivity index (χ0v) is 64.6. The highest BCUT2D eigenvalue weighted by Crippen LogP contribution is 2.24. The van der Waals surface area contributed by atoms with E-state index in [1.807, 2.05) is 55.4 Å². The van der Waals surface area contributed by atoms with Crippen molar-refractivity contribution in [3.8, 4) is 0 Å². The fraction of sp³-hybridized carbons (Fsp3) is 0.680. The zero-order chi connectivity index (χ0) is 77.3. The molecule has 0 aromatic heterocycles. The number of hydrogen-bond donors (Lipinski definition) is 7. The average Bonchev–Trinajstić information content (AvgIpc) is 0.815. The smallest absolute Gasteiger partial charge is 0.248 e. The largest absolute Gasteiger partial charge is 0.394 e. The molecule has 28 heteroatoms. The molecule has 12 amide bonds. The summed E-state index contributed by atoms with van der Waals surface area (Å²) in [6.07, 6.45) is 0.106. The van der Waals surface area contributed by atoms with Crippen LogP contribution in [0.4, 0.5) is 0 Å². The van der Waals surface area contributed by atoms with Gasteiger partial charge in [-0.1, -0.05) is 130 Å². The molecule has 0 unspecified atom stereocenters. The Hall–Kier alpha value is -7.75. The van der Waals surface area contributed by atoms with Crippen LogP contribution in [0.3, 0.4) is 0 Å². The van der Waals surface area contributed by atoms with Gasteiger partial charge >= 0.3 is 0 Å². The van der Waals surface area contributed by atoms with E-state index >= 15 is 28.8 Å². The minimum atomic E-state index is -1.68. The van der Waals surface area contributed by atoms with Crippen LogP contribution in [-0.4, -0.2) is 263 Å². The molecule has 0 radical (unpaired) electrons. The van der Waals surface area contributed by atoms with E-state index in [-0.39, 0.29) is 75.3 Å². The van der Waals surface area contributed by atoms with Crippen molar-refractivity contribution in [3.05, 3.63) is 70.7 Å². The van der Waals surface area contributed by atoms with Crippen molar-refractivity contribution in [2.45, 2.75) is 220 Å². The number of carbonyl (C=O) groups excluding carboxylic acids is 12. The van der Waals surface area contributed by atoms with Gasteiger partial charge in [0.05, 0.1) is 38.9 Å². The summed E-state index contributed by atoms with van der Waals surface area (Å²) in [5.41, 5.74) is 1.14. The molecule has 2 heterocycles. The highest BCUT2D eigenvalue weighted by Gasteiger charge is 2.44. The maximum absolute atomic E-state index is 15.6. The number of likely N-dealkylation sites (N-methyl/N-ethyl adjacent to an activating group) is 5. The molecule has 103 heavy (non-hydrogen) atoms. The van der Waals surface area contributed by atoms with Crippen LogP contribution in [0.5, 0.6) is 0 Å². The number of ether oxygens (including phenoxy) is 1. The maximum Gasteiger partial charge on any atom is 0.248 e. The molecule has 4 rings (SSSR count). The molecule has 0 spiro atoms. The molecule has 27 nitrogen and oxygen atoms in total. The van der Waals surface area contributed by atoms with E-state index in [0.717, 1.165) is 21.1 Å². The number of piperidine rings is 1. The van der Waals surface area contributed by atoms with Crippen LogP contribution >= 0.6 is 11.6 Å². The van der Waals surface area contributed by atoms with Gasteiger partial charge in [-0.05, 0) is 111 Å². The summed E-state index contributed by atoms with van der Waals surface area (Å²) in [6, 6.07) is 1.26. The van der Waals surface area contributed by atoms with Crippen molar-refractivity contribution in [2.24, 2.45) is 29.6 Å². The van der Waals surface area contributed by atoms with Crippen molar-refractivity contribution in [3.63, 3.8) is 0 Å². The molecule has 11 atom stereocenters. The van der Waals surface area contributed by atoms with E-state index in [1.165, 1.54) is 56.9 Å². The first-order valence-electron chi connectivity index (χ1n) is 36.5. The number of nitrogens with one attached hydrogen (secondary N) is 5. The standard InChI is InChI=1S/C75H119ClN12O15/c1-18-30-88-43-63(92)82(13)57(36-46(4)5)66(93)79-56(44-103-34-33-89)71(98)86(17)61(41-52-28-25-29-53(76)39-52)73(100)84(15)58(37-47(6)7)67(94)78-55(72(99)87-31-23-20-24-32-87)42-62(91)80-64(49(10)11)74(101)85(16)60(40-51-26-21-19-22-27-51)68(95)77-54(35-45(2)3)70(97)83(14)59(38-48(8)9)69(96)81-65(50(12)90)75(88)102/h19,21-22,25-29,39,45-50,54-61,64-65,89-90H,18,20,23-24,30-38,40-44H2,1-17H3,(H,77,95)(H,78,94)(H,79,93)(H,80,91)(H,81,96)/t50-,54+,55+,56+,57+,58+,59+,60+,61+,64-,65+/m1/s1. The number of likely N-dealkylation sites (tertiary alicyclic amines) is 1. The summed E-state index contributed by atoms with van der Waals surface area (Å²) in [6.45, 7) is 19.7. The van der Waals surface area contributed by atoms with Crippen LogP contribution in [0, 0.1) is 29.6 Å². The summed E-state index contributed by atoms with van der Waals surface area (Å²) in [4.78, 5) is 189. The Morgan fingerprint density at radius 3 is 1.55 bits per heavy atom. The molecule has 7 N–H and O–H groups in total. The van der Waals surface area contributed by atoms with Gasteiger partial charge in [-0.15, -0.1) is 0 Å². The maximum atomic E-state index is 15.6. The lowest BCUT2D eigenvalue weighted by atomic mass is 9.96. The molecule has 576 valence electrons. The summed E-state index contributed by atoms with van der Waals surface area (Å²) in [5, 5.41) is 35.6. The number of nitrogens with zero attached hydrogens (tertiary/aromatic N) is 7.